The third kappa shape index (κ3) is 5.43. The van der Waals surface area contributed by atoms with E-state index in [-0.39, 0.29) is 0 Å². The van der Waals surface area contributed by atoms with Crippen LogP contribution in [-0.2, 0) is 9.59 Å². The Hall–Kier alpha value is -3.61. The second-order valence-corrected chi connectivity index (χ2v) is 5.87. The van der Waals surface area contributed by atoms with Gasteiger partial charge in [-0.05, 0) is 38.1 Å². The predicted octanol–water partition coefficient (Wildman–Crippen LogP) is 3.43. The number of nitrogens with zero attached hydrogens (tertiary/aromatic N) is 3. The molecule has 2 aromatic heterocycles. The van der Waals surface area contributed by atoms with Crippen LogP contribution in [0, 0.1) is 0 Å². The summed E-state index contributed by atoms with van der Waals surface area (Å²) in [6.07, 6.45) is 6.89. The number of rotatable bonds is 5. The fourth-order valence-electron chi connectivity index (χ4n) is 2.57. The van der Waals surface area contributed by atoms with Crippen LogP contribution in [0.3, 0.4) is 0 Å². The summed E-state index contributed by atoms with van der Waals surface area (Å²) in [5.41, 5.74) is 2.36. The highest BCUT2D eigenvalue weighted by atomic mass is 16.4. The van der Waals surface area contributed by atoms with E-state index in [1.165, 1.54) is 10.9 Å². The van der Waals surface area contributed by atoms with Crippen molar-refractivity contribution in [3.05, 3.63) is 73.2 Å². The molecule has 27 heavy (non-hydrogen) atoms. The van der Waals surface area contributed by atoms with Crippen molar-refractivity contribution in [2.24, 2.45) is 0 Å². The molecule has 7 heteroatoms. The van der Waals surface area contributed by atoms with Gasteiger partial charge in [-0.1, -0.05) is 18.2 Å². The normalized spacial score (nSPS) is 10.6. The average Bonchev–Trinajstić information content (AvgIpc) is 3.05. The molecule has 140 valence electrons. The molecular weight excluding hydrogens is 346 g/mol. The maximum absolute atomic E-state index is 9.55. The molecule has 0 bridgehead atoms. The fourth-order valence-corrected chi connectivity index (χ4v) is 2.57. The van der Waals surface area contributed by atoms with Crippen molar-refractivity contribution in [3.8, 4) is 0 Å². The quantitative estimate of drug-likeness (QED) is 0.671. The minimum Gasteiger partial charge on any atom is -0.478 e. The third-order valence-electron chi connectivity index (χ3n) is 3.60. The van der Waals surface area contributed by atoms with E-state index in [0.29, 0.717) is 18.2 Å². The molecule has 7 nitrogen and oxygen atoms in total. The zero-order valence-electron chi connectivity index (χ0n) is 15.1. The van der Waals surface area contributed by atoms with Gasteiger partial charge in [0, 0.05) is 42.2 Å². The number of fused-ring (bicyclic) bond motifs is 1. The van der Waals surface area contributed by atoms with Crippen LogP contribution >= 0.6 is 0 Å². The van der Waals surface area contributed by atoms with Crippen LogP contribution in [0.5, 0.6) is 0 Å². The number of pyridine rings is 1. The van der Waals surface area contributed by atoms with Crippen molar-refractivity contribution >= 4 is 28.5 Å². The van der Waals surface area contributed by atoms with E-state index in [1.807, 2.05) is 24.5 Å². The molecule has 0 aliphatic rings. The Bertz CT molecular complexity index is 917. The minimum absolute atomic E-state index is 0.359. The van der Waals surface area contributed by atoms with Crippen LogP contribution < -0.4 is 5.01 Å². The van der Waals surface area contributed by atoms with Crippen molar-refractivity contribution in [1.29, 1.82) is 0 Å². The van der Waals surface area contributed by atoms with Gasteiger partial charge in [-0.2, -0.15) is 0 Å². The molecule has 3 rings (SSSR count). The van der Waals surface area contributed by atoms with Gasteiger partial charge in [-0.25, -0.2) is 9.59 Å². The standard InChI is InChI=1S/C16H17N3.C4H4O4/c1-13(2)19(15-7-10-17-11-8-15)18-12-9-14-5-3-4-6-16(14)18;5-3(6)1-2-4(7)8/h3-13H,1-2H3;1-2H,(H,5,6)(H,7,8). The number of carboxylic acids is 2. The van der Waals surface area contributed by atoms with Gasteiger partial charge in [0.1, 0.15) is 0 Å². The number of para-hydroxylation sites is 1. The molecule has 0 saturated heterocycles. The number of hydrogen-bond donors (Lipinski definition) is 2. The largest absolute Gasteiger partial charge is 0.478 e. The lowest BCUT2D eigenvalue weighted by molar-refractivity contribution is -0.134. The zero-order valence-corrected chi connectivity index (χ0v) is 15.1. The second kappa shape index (κ2) is 9.19. The first kappa shape index (κ1) is 19.7. The molecule has 2 heterocycles. The molecule has 0 aliphatic heterocycles. The molecular formula is C20H21N3O4. The first-order valence-electron chi connectivity index (χ1n) is 8.29. The summed E-state index contributed by atoms with van der Waals surface area (Å²) < 4.78 is 2.20. The summed E-state index contributed by atoms with van der Waals surface area (Å²) >= 11 is 0. The Morgan fingerprint density at radius 3 is 2.15 bits per heavy atom. The molecule has 0 atom stereocenters. The van der Waals surface area contributed by atoms with Crippen LogP contribution in [0.25, 0.3) is 10.9 Å². The van der Waals surface area contributed by atoms with Crippen LogP contribution in [0.2, 0.25) is 0 Å². The summed E-state index contributed by atoms with van der Waals surface area (Å²) in [4.78, 5) is 23.2. The molecule has 0 fully saturated rings. The van der Waals surface area contributed by atoms with Crippen molar-refractivity contribution in [1.82, 2.24) is 9.66 Å². The SMILES string of the molecule is CC(C)N(c1ccncc1)n1ccc2ccccc21.O=C(O)C=CC(=O)O. The Kier molecular flexibility index (Phi) is 6.71. The van der Waals surface area contributed by atoms with E-state index >= 15 is 0 Å². The lowest BCUT2D eigenvalue weighted by Gasteiger charge is -2.30. The number of benzene rings is 1. The van der Waals surface area contributed by atoms with Gasteiger partial charge in [-0.15, -0.1) is 0 Å². The lowest BCUT2D eigenvalue weighted by Crippen LogP contribution is -2.35. The van der Waals surface area contributed by atoms with Gasteiger partial charge >= 0.3 is 11.9 Å². The topological polar surface area (TPSA) is 95.7 Å². The van der Waals surface area contributed by atoms with Gasteiger partial charge < -0.3 is 10.2 Å². The number of aromatic nitrogens is 2. The maximum Gasteiger partial charge on any atom is 0.328 e. The predicted molar refractivity (Wildman–Crippen MR) is 104 cm³/mol. The Balaban J connectivity index is 0.000000279. The Labute approximate surface area is 156 Å². The molecule has 1 aromatic carbocycles. The monoisotopic (exact) mass is 367 g/mol. The average molecular weight is 367 g/mol. The van der Waals surface area contributed by atoms with Gasteiger partial charge in [0.2, 0.25) is 0 Å². The number of anilines is 1. The van der Waals surface area contributed by atoms with Crippen LogP contribution in [0.4, 0.5) is 5.69 Å². The number of aliphatic carboxylic acids is 2. The summed E-state index contributed by atoms with van der Waals surface area (Å²) in [5.74, 6) is -2.51. The van der Waals surface area contributed by atoms with Gasteiger partial charge in [0.25, 0.3) is 0 Å². The van der Waals surface area contributed by atoms with Crippen LogP contribution in [-0.4, -0.2) is 37.9 Å². The van der Waals surface area contributed by atoms with E-state index in [1.54, 1.807) is 0 Å². The summed E-state index contributed by atoms with van der Waals surface area (Å²) in [5, 5.41) is 19.1. The van der Waals surface area contributed by atoms with Gasteiger partial charge in [0.05, 0.1) is 11.2 Å². The highest BCUT2D eigenvalue weighted by Gasteiger charge is 2.14. The summed E-state index contributed by atoms with van der Waals surface area (Å²) in [6.45, 7) is 4.38. The molecule has 0 spiro atoms. The molecule has 0 aliphatic carbocycles. The number of hydrogen-bond acceptors (Lipinski definition) is 4. The molecule has 3 aromatic rings. The highest BCUT2D eigenvalue weighted by Crippen LogP contribution is 2.22. The number of carbonyl (C=O) groups is 2. The van der Waals surface area contributed by atoms with Crippen molar-refractivity contribution < 1.29 is 19.8 Å². The van der Waals surface area contributed by atoms with Crippen molar-refractivity contribution in [3.63, 3.8) is 0 Å². The smallest absolute Gasteiger partial charge is 0.328 e. The van der Waals surface area contributed by atoms with E-state index in [0.717, 1.165) is 5.69 Å². The summed E-state index contributed by atoms with van der Waals surface area (Å²) in [7, 11) is 0. The lowest BCUT2D eigenvalue weighted by atomic mass is 10.2. The van der Waals surface area contributed by atoms with E-state index < -0.39 is 11.9 Å². The van der Waals surface area contributed by atoms with E-state index in [9.17, 15) is 9.59 Å². The maximum atomic E-state index is 9.55. The Morgan fingerprint density at radius 1 is 1.00 bits per heavy atom. The highest BCUT2D eigenvalue weighted by molar-refractivity contribution is 5.89. The molecule has 2 N–H and O–H groups in total. The first-order valence-corrected chi connectivity index (χ1v) is 8.29. The van der Waals surface area contributed by atoms with E-state index in [4.69, 9.17) is 10.2 Å². The number of carboxylic acid groups (broad SMARTS) is 2. The summed E-state index contributed by atoms with van der Waals surface area (Å²) in [6, 6.07) is 15.0. The molecule has 0 amide bonds. The molecule has 0 radical (unpaired) electrons. The minimum atomic E-state index is -1.26. The van der Waals surface area contributed by atoms with Crippen molar-refractivity contribution in [2.75, 3.05) is 5.01 Å². The second-order valence-electron chi connectivity index (χ2n) is 5.87. The Morgan fingerprint density at radius 2 is 1.59 bits per heavy atom. The van der Waals surface area contributed by atoms with Crippen LogP contribution in [0.15, 0.2) is 73.2 Å². The molecule has 0 unspecified atom stereocenters. The van der Waals surface area contributed by atoms with Gasteiger partial charge in [0.15, 0.2) is 0 Å². The van der Waals surface area contributed by atoms with Crippen molar-refractivity contribution in [2.45, 2.75) is 19.9 Å². The molecule has 0 saturated carbocycles. The van der Waals surface area contributed by atoms with Gasteiger partial charge in [-0.3, -0.25) is 14.7 Å². The zero-order chi connectivity index (χ0) is 19.8. The van der Waals surface area contributed by atoms with E-state index in [2.05, 4.69) is 65.0 Å². The van der Waals surface area contributed by atoms with Crippen LogP contribution in [0.1, 0.15) is 13.8 Å². The fraction of sp³-hybridized carbons (Fsp3) is 0.150. The third-order valence-corrected chi connectivity index (χ3v) is 3.60. The first-order chi connectivity index (χ1) is 12.9.